The molecule has 5 nitrogen and oxygen atoms in total. The maximum atomic E-state index is 12.1. The second kappa shape index (κ2) is 4.66. The number of hydrogen-bond donors (Lipinski definition) is 2. The van der Waals surface area contributed by atoms with Crippen LogP contribution in [0, 0.1) is 0 Å². The number of hydrogen-bond acceptors (Lipinski definition) is 5. The number of nitrogen functional groups attached to an aromatic ring is 1. The minimum Gasteiger partial charge on any atom is -0.399 e. The number of fused-ring (bicyclic) bond motifs is 1. The molecule has 1 amide bonds. The summed E-state index contributed by atoms with van der Waals surface area (Å²) in [4.78, 5) is 20.4. The molecule has 6 heteroatoms. The van der Waals surface area contributed by atoms with Gasteiger partial charge in [-0.2, -0.15) is 0 Å². The number of rotatable bonds is 2. The molecule has 0 radical (unpaired) electrons. The Bertz CT molecular complexity index is 739. The van der Waals surface area contributed by atoms with Crippen molar-refractivity contribution in [3.8, 4) is 0 Å². The van der Waals surface area contributed by atoms with Gasteiger partial charge >= 0.3 is 0 Å². The number of thiophene rings is 1. The van der Waals surface area contributed by atoms with Gasteiger partial charge in [0.05, 0.1) is 23.0 Å². The molecule has 19 heavy (non-hydrogen) atoms. The lowest BCUT2D eigenvalue weighted by molar-refractivity contribution is 0.103. The first-order chi connectivity index (χ1) is 9.22. The monoisotopic (exact) mass is 270 g/mol. The van der Waals surface area contributed by atoms with Crippen molar-refractivity contribution in [1.82, 2.24) is 9.97 Å². The van der Waals surface area contributed by atoms with Gasteiger partial charge in [-0.15, -0.1) is 11.3 Å². The quantitative estimate of drug-likeness (QED) is 0.701. The molecule has 0 saturated carbocycles. The Morgan fingerprint density at radius 2 is 2.00 bits per heavy atom. The molecule has 3 rings (SSSR count). The topological polar surface area (TPSA) is 80.9 Å². The summed E-state index contributed by atoms with van der Waals surface area (Å²) < 4.78 is 1.03. The van der Waals surface area contributed by atoms with Gasteiger partial charge in [0.1, 0.15) is 6.33 Å². The summed E-state index contributed by atoms with van der Waals surface area (Å²) in [6, 6.07) is 7.42. The molecule has 3 N–H and O–H groups in total. The van der Waals surface area contributed by atoms with Crippen molar-refractivity contribution in [2.45, 2.75) is 0 Å². The molecule has 1 aromatic carbocycles. The van der Waals surface area contributed by atoms with Crippen molar-refractivity contribution < 1.29 is 4.79 Å². The van der Waals surface area contributed by atoms with Crippen LogP contribution in [0.2, 0.25) is 0 Å². The minimum atomic E-state index is -0.172. The molecule has 0 unspecified atom stereocenters. The van der Waals surface area contributed by atoms with Gasteiger partial charge in [0.2, 0.25) is 0 Å². The zero-order valence-corrected chi connectivity index (χ0v) is 10.6. The molecule has 0 fully saturated rings. The van der Waals surface area contributed by atoms with Gasteiger partial charge in [0, 0.05) is 10.4 Å². The first-order valence-electron chi connectivity index (χ1n) is 5.58. The third-order valence-corrected chi connectivity index (χ3v) is 3.70. The molecule has 0 aliphatic rings. The molecule has 0 bridgehead atoms. The molecule has 0 spiro atoms. The summed E-state index contributed by atoms with van der Waals surface area (Å²) in [6.45, 7) is 0. The van der Waals surface area contributed by atoms with Crippen molar-refractivity contribution in [2.75, 3.05) is 11.1 Å². The summed E-state index contributed by atoms with van der Waals surface area (Å²) in [5.41, 5.74) is 6.98. The molecule has 94 valence electrons. The second-order valence-electron chi connectivity index (χ2n) is 3.99. The van der Waals surface area contributed by atoms with E-state index >= 15 is 0 Å². The summed E-state index contributed by atoms with van der Waals surface area (Å²) in [7, 11) is 0. The summed E-state index contributed by atoms with van der Waals surface area (Å²) in [5.74, 6) is -0.172. The van der Waals surface area contributed by atoms with Crippen molar-refractivity contribution >= 4 is 38.7 Å². The molecular weight excluding hydrogens is 260 g/mol. The highest BCUT2D eigenvalue weighted by Gasteiger charge is 2.10. The van der Waals surface area contributed by atoms with Gasteiger partial charge in [-0.1, -0.05) is 0 Å². The highest BCUT2D eigenvalue weighted by Crippen LogP contribution is 2.27. The molecular formula is C13H10N4OS. The number of nitrogens with two attached hydrogens (primary N) is 1. The number of nitrogens with one attached hydrogen (secondary N) is 1. The van der Waals surface area contributed by atoms with E-state index in [4.69, 9.17) is 5.73 Å². The standard InChI is InChI=1S/C13H10N4OS/c14-9-1-2-11-8(3-9)4-12(19-11)13(18)17-10-5-15-7-16-6-10/h1-7H,14H2,(H,17,18). The number of nitrogens with zero attached hydrogens (tertiary/aromatic N) is 2. The Balaban J connectivity index is 1.89. The third kappa shape index (κ3) is 2.38. The molecule has 2 aromatic heterocycles. The summed E-state index contributed by atoms with van der Waals surface area (Å²) in [5, 5.41) is 3.72. The number of carbonyl (C=O) groups excluding carboxylic acids is 1. The smallest absolute Gasteiger partial charge is 0.265 e. The predicted molar refractivity (Wildman–Crippen MR) is 76.2 cm³/mol. The van der Waals surface area contributed by atoms with E-state index in [1.165, 1.54) is 17.7 Å². The van der Waals surface area contributed by atoms with Crippen molar-refractivity contribution in [1.29, 1.82) is 0 Å². The van der Waals surface area contributed by atoms with Crippen molar-refractivity contribution in [3.05, 3.63) is 47.9 Å². The van der Waals surface area contributed by atoms with E-state index in [9.17, 15) is 4.79 Å². The van der Waals surface area contributed by atoms with Crippen LogP contribution in [0.5, 0.6) is 0 Å². The van der Waals surface area contributed by atoms with E-state index in [2.05, 4.69) is 15.3 Å². The molecule has 2 heterocycles. The van der Waals surface area contributed by atoms with E-state index in [0.29, 0.717) is 16.3 Å². The highest BCUT2D eigenvalue weighted by atomic mass is 32.1. The lowest BCUT2D eigenvalue weighted by Gasteiger charge is -2.00. The fraction of sp³-hybridized carbons (Fsp3) is 0. The van der Waals surface area contributed by atoms with Crippen LogP contribution < -0.4 is 11.1 Å². The molecule has 0 aliphatic carbocycles. The Morgan fingerprint density at radius 1 is 1.21 bits per heavy atom. The van der Waals surface area contributed by atoms with Crippen LogP contribution in [0.3, 0.4) is 0 Å². The molecule has 0 saturated heterocycles. The zero-order valence-electron chi connectivity index (χ0n) is 9.83. The average Bonchev–Trinajstić information content (AvgIpc) is 2.83. The molecule has 0 atom stereocenters. The van der Waals surface area contributed by atoms with Crippen LogP contribution in [0.25, 0.3) is 10.1 Å². The van der Waals surface area contributed by atoms with Crippen LogP contribution in [0.15, 0.2) is 43.0 Å². The zero-order chi connectivity index (χ0) is 13.2. The van der Waals surface area contributed by atoms with Crippen LogP contribution in [-0.4, -0.2) is 15.9 Å². The number of amides is 1. The fourth-order valence-corrected chi connectivity index (χ4v) is 2.67. The Labute approximate surface area is 113 Å². The number of aromatic nitrogens is 2. The van der Waals surface area contributed by atoms with Gasteiger partial charge in [-0.3, -0.25) is 4.79 Å². The van der Waals surface area contributed by atoms with Crippen LogP contribution >= 0.6 is 11.3 Å². The molecule has 0 aliphatic heterocycles. The number of benzene rings is 1. The largest absolute Gasteiger partial charge is 0.399 e. The number of carbonyl (C=O) groups is 1. The van der Waals surface area contributed by atoms with Crippen LogP contribution in [0.4, 0.5) is 11.4 Å². The maximum absolute atomic E-state index is 12.1. The summed E-state index contributed by atoms with van der Waals surface area (Å²) >= 11 is 1.42. The lowest BCUT2D eigenvalue weighted by Crippen LogP contribution is -2.10. The van der Waals surface area contributed by atoms with Crippen LogP contribution in [0.1, 0.15) is 9.67 Å². The van der Waals surface area contributed by atoms with Gasteiger partial charge in [-0.05, 0) is 29.7 Å². The van der Waals surface area contributed by atoms with E-state index in [0.717, 1.165) is 10.1 Å². The lowest BCUT2D eigenvalue weighted by atomic mass is 10.2. The third-order valence-electron chi connectivity index (χ3n) is 2.58. The molecule has 3 aromatic rings. The maximum Gasteiger partial charge on any atom is 0.265 e. The Morgan fingerprint density at radius 3 is 2.79 bits per heavy atom. The minimum absolute atomic E-state index is 0.172. The Kier molecular flexibility index (Phi) is 2.85. The van der Waals surface area contributed by atoms with E-state index in [-0.39, 0.29) is 5.91 Å². The highest BCUT2D eigenvalue weighted by molar-refractivity contribution is 7.20. The predicted octanol–water partition coefficient (Wildman–Crippen LogP) is 2.53. The van der Waals surface area contributed by atoms with E-state index in [1.54, 1.807) is 12.4 Å². The van der Waals surface area contributed by atoms with E-state index in [1.807, 2.05) is 24.3 Å². The van der Waals surface area contributed by atoms with E-state index < -0.39 is 0 Å². The normalized spacial score (nSPS) is 10.5. The second-order valence-corrected chi connectivity index (χ2v) is 5.07. The van der Waals surface area contributed by atoms with Gasteiger partial charge in [0.15, 0.2) is 0 Å². The van der Waals surface area contributed by atoms with Gasteiger partial charge in [0.25, 0.3) is 5.91 Å². The SMILES string of the molecule is Nc1ccc2sc(C(=O)Nc3cncnc3)cc2c1. The van der Waals surface area contributed by atoms with Gasteiger partial charge in [-0.25, -0.2) is 9.97 Å². The Hall–Kier alpha value is -2.47. The summed E-state index contributed by atoms with van der Waals surface area (Å²) in [6.07, 6.45) is 4.52. The first-order valence-corrected chi connectivity index (χ1v) is 6.39. The van der Waals surface area contributed by atoms with Crippen molar-refractivity contribution in [3.63, 3.8) is 0 Å². The van der Waals surface area contributed by atoms with Gasteiger partial charge < -0.3 is 11.1 Å². The number of anilines is 2. The van der Waals surface area contributed by atoms with Crippen LogP contribution in [-0.2, 0) is 0 Å². The van der Waals surface area contributed by atoms with Crippen molar-refractivity contribution in [2.24, 2.45) is 0 Å². The first kappa shape index (κ1) is 11.6. The average molecular weight is 270 g/mol. The fourth-order valence-electron chi connectivity index (χ4n) is 1.73.